The van der Waals surface area contributed by atoms with Crippen LogP contribution in [0.3, 0.4) is 0 Å². The largest absolute Gasteiger partial charge is 0.398 e. The SMILES string of the molecule is CN1CCN(c2ccc(-c3ccc4c(c3)n(C)c3nc(=O)c5c(N)cccc5n43)cc2)CC1. The van der Waals surface area contributed by atoms with Crippen molar-refractivity contribution in [1.29, 1.82) is 0 Å². The first-order chi connectivity index (χ1) is 16.0. The molecular weight excluding hydrogens is 412 g/mol. The molecule has 3 heterocycles. The second-order valence-corrected chi connectivity index (χ2v) is 8.89. The van der Waals surface area contributed by atoms with Gasteiger partial charge in [-0.05, 0) is 54.6 Å². The first kappa shape index (κ1) is 19.8. The summed E-state index contributed by atoms with van der Waals surface area (Å²) in [5, 5.41) is 0.464. The van der Waals surface area contributed by atoms with Gasteiger partial charge < -0.3 is 20.1 Å². The van der Waals surface area contributed by atoms with Crippen molar-refractivity contribution in [2.45, 2.75) is 0 Å². The van der Waals surface area contributed by atoms with E-state index in [2.05, 4.69) is 64.3 Å². The van der Waals surface area contributed by atoms with Crippen molar-refractivity contribution < 1.29 is 0 Å². The molecule has 7 nitrogen and oxygen atoms in total. The maximum atomic E-state index is 12.7. The van der Waals surface area contributed by atoms with E-state index in [0.717, 1.165) is 53.9 Å². The number of rotatable bonds is 2. The Kier molecular flexibility index (Phi) is 4.41. The van der Waals surface area contributed by atoms with Gasteiger partial charge in [-0.15, -0.1) is 0 Å². The minimum atomic E-state index is -0.297. The Hall–Kier alpha value is -3.84. The minimum Gasteiger partial charge on any atom is -0.398 e. The average molecular weight is 439 g/mol. The van der Waals surface area contributed by atoms with E-state index in [0.29, 0.717) is 16.9 Å². The van der Waals surface area contributed by atoms with Crippen molar-refractivity contribution in [2.75, 3.05) is 43.9 Å². The van der Waals surface area contributed by atoms with E-state index in [9.17, 15) is 4.79 Å². The smallest absolute Gasteiger partial charge is 0.284 e. The standard InChI is InChI=1S/C26H26N6O/c1-29-12-14-31(15-13-29)19-9-6-17(7-10-19)18-8-11-21-23(16-18)30(2)26-28-25(33)24-20(27)4-3-5-22(24)32(21)26/h3-11,16H,12-15,27H2,1-2H3. The number of anilines is 2. The molecule has 0 saturated carbocycles. The summed E-state index contributed by atoms with van der Waals surface area (Å²) in [6.07, 6.45) is 0. The van der Waals surface area contributed by atoms with Gasteiger partial charge in [0.15, 0.2) is 0 Å². The summed E-state index contributed by atoms with van der Waals surface area (Å²) in [6.45, 7) is 4.30. The zero-order valence-corrected chi connectivity index (χ0v) is 18.8. The quantitative estimate of drug-likeness (QED) is 0.428. The number of aromatic nitrogens is 3. The third-order valence-electron chi connectivity index (χ3n) is 6.88. The third-order valence-corrected chi connectivity index (χ3v) is 6.88. The molecule has 3 aromatic carbocycles. The summed E-state index contributed by atoms with van der Waals surface area (Å²) >= 11 is 0. The van der Waals surface area contributed by atoms with Crippen molar-refractivity contribution in [3.05, 3.63) is 71.0 Å². The molecule has 1 aliphatic rings. The molecule has 0 spiro atoms. The van der Waals surface area contributed by atoms with Crippen LogP contribution in [-0.2, 0) is 7.05 Å². The van der Waals surface area contributed by atoms with Crippen LogP contribution >= 0.6 is 0 Å². The molecule has 166 valence electrons. The van der Waals surface area contributed by atoms with Crippen LogP contribution < -0.4 is 16.2 Å². The highest BCUT2D eigenvalue weighted by molar-refractivity contribution is 5.96. The van der Waals surface area contributed by atoms with Gasteiger partial charge in [-0.25, -0.2) is 0 Å². The van der Waals surface area contributed by atoms with Gasteiger partial charge in [-0.2, -0.15) is 4.98 Å². The fourth-order valence-corrected chi connectivity index (χ4v) is 4.94. The molecule has 7 heteroatoms. The first-order valence-electron chi connectivity index (χ1n) is 11.2. The number of nitrogen functional groups attached to an aromatic ring is 1. The predicted octanol–water partition coefficient (Wildman–Crippen LogP) is 3.34. The van der Waals surface area contributed by atoms with E-state index < -0.39 is 0 Å². The zero-order valence-electron chi connectivity index (χ0n) is 18.8. The molecule has 1 saturated heterocycles. The van der Waals surface area contributed by atoms with Gasteiger partial charge in [0.05, 0.1) is 21.9 Å². The van der Waals surface area contributed by atoms with Crippen LogP contribution in [0.15, 0.2) is 65.5 Å². The molecule has 0 unspecified atom stereocenters. The number of likely N-dealkylation sites (N-methyl/N-ethyl adjacent to an activating group) is 1. The van der Waals surface area contributed by atoms with Crippen molar-refractivity contribution >= 4 is 39.1 Å². The van der Waals surface area contributed by atoms with Crippen molar-refractivity contribution in [1.82, 2.24) is 18.9 Å². The minimum absolute atomic E-state index is 0.297. The van der Waals surface area contributed by atoms with Gasteiger partial charge in [0, 0.05) is 44.6 Å². The highest BCUT2D eigenvalue weighted by Gasteiger charge is 2.17. The highest BCUT2D eigenvalue weighted by atomic mass is 16.1. The Morgan fingerprint density at radius 1 is 0.818 bits per heavy atom. The normalized spacial score (nSPS) is 15.2. The molecule has 1 aliphatic heterocycles. The molecule has 5 aromatic rings. The number of hydrogen-bond donors (Lipinski definition) is 1. The first-order valence-corrected chi connectivity index (χ1v) is 11.2. The molecule has 0 atom stereocenters. The number of benzene rings is 3. The van der Waals surface area contributed by atoms with E-state index in [1.54, 1.807) is 6.07 Å². The zero-order chi connectivity index (χ0) is 22.7. The van der Waals surface area contributed by atoms with E-state index in [1.165, 1.54) is 5.69 Å². The Labute approximate surface area is 191 Å². The van der Waals surface area contributed by atoms with Crippen LogP contribution in [0.25, 0.3) is 38.8 Å². The molecule has 6 rings (SSSR count). The van der Waals surface area contributed by atoms with Gasteiger partial charge in [0.2, 0.25) is 5.78 Å². The highest BCUT2D eigenvalue weighted by Crippen LogP contribution is 2.30. The molecule has 2 N–H and O–H groups in total. The second kappa shape index (κ2) is 7.35. The van der Waals surface area contributed by atoms with Crippen molar-refractivity contribution in [2.24, 2.45) is 7.05 Å². The Bertz CT molecular complexity index is 1570. The van der Waals surface area contributed by atoms with Crippen LogP contribution in [0.5, 0.6) is 0 Å². The summed E-state index contributed by atoms with van der Waals surface area (Å²) in [4.78, 5) is 21.8. The van der Waals surface area contributed by atoms with E-state index >= 15 is 0 Å². The topological polar surface area (TPSA) is 71.8 Å². The van der Waals surface area contributed by atoms with Crippen LogP contribution in [-0.4, -0.2) is 52.1 Å². The number of hydrogen-bond acceptors (Lipinski definition) is 5. The maximum Gasteiger partial charge on any atom is 0.284 e. The molecule has 1 fully saturated rings. The van der Waals surface area contributed by atoms with E-state index in [1.807, 2.05) is 28.1 Å². The lowest BCUT2D eigenvalue weighted by Gasteiger charge is -2.34. The molecule has 0 bridgehead atoms. The van der Waals surface area contributed by atoms with Gasteiger partial charge in [0.1, 0.15) is 0 Å². The van der Waals surface area contributed by atoms with Gasteiger partial charge in [-0.3, -0.25) is 9.20 Å². The van der Waals surface area contributed by atoms with E-state index in [-0.39, 0.29) is 5.56 Å². The monoisotopic (exact) mass is 438 g/mol. The lowest BCUT2D eigenvalue weighted by Crippen LogP contribution is -2.44. The molecule has 2 aromatic heterocycles. The van der Waals surface area contributed by atoms with Crippen molar-refractivity contribution in [3.8, 4) is 11.1 Å². The fraction of sp³-hybridized carbons (Fsp3) is 0.231. The Balaban J connectivity index is 1.46. The fourth-order valence-electron chi connectivity index (χ4n) is 4.94. The maximum absolute atomic E-state index is 12.7. The summed E-state index contributed by atoms with van der Waals surface area (Å²) < 4.78 is 3.99. The van der Waals surface area contributed by atoms with Crippen molar-refractivity contribution in [3.63, 3.8) is 0 Å². The van der Waals surface area contributed by atoms with Crippen LogP contribution in [0.2, 0.25) is 0 Å². The predicted molar refractivity (Wildman–Crippen MR) is 135 cm³/mol. The number of imidazole rings is 1. The summed E-state index contributed by atoms with van der Waals surface area (Å²) in [6, 6.07) is 20.7. The molecule has 0 radical (unpaired) electrons. The number of nitrogens with two attached hydrogens (primary N) is 1. The van der Waals surface area contributed by atoms with E-state index in [4.69, 9.17) is 5.73 Å². The summed E-state index contributed by atoms with van der Waals surface area (Å²) in [5.74, 6) is 0.607. The lowest BCUT2D eigenvalue weighted by molar-refractivity contribution is 0.313. The molecule has 0 amide bonds. The van der Waals surface area contributed by atoms with Crippen LogP contribution in [0.1, 0.15) is 0 Å². The summed E-state index contributed by atoms with van der Waals surface area (Å²) in [5.41, 5.74) is 12.6. The van der Waals surface area contributed by atoms with Crippen LogP contribution in [0.4, 0.5) is 11.4 Å². The van der Waals surface area contributed by atoms with Gasteiger partial charge >= 0.3 is 0 Å². The second-order valence-electron chi connectivity index (χ2n) is 8.89. The molecule has 33 heavy (non-hydrogen) atoms. The Morgan fingerprint density at radius 2 is 1.55 bits per heavy atom. The number of fused-ring (bicyclic) bond motifs is 5. The molecule has 0 aliphatic carbocycles. The van der Waals surface area contributed by atoms with Crippen LogP contribution in [0, 0.1) is 0 Å². The number of piperazine rings is 1. The third kappa shape index (κ3) is 3.08. The van der Waals surface area contributed by atoms with Gasteiger partial charge in [0.25, 0.3) is 5.56 Å². The molecular formula is C26H26N6O. The number of aryl methyl sites for hydroxylation is 1. The number of nitrogens with zero attached hydrogens (tertiary/aromatic N) is 5. The van der Waals surface area contributed by atoms with Gasteiger partial charge in [-0.1, -0.05) is 24.3 Å². The average Bonchev–Trinajstić information content (AvgIpc) is 3.11. The summed E-state index contributed by atoms with van der Waals surface area (Å²) in [7, 11) is 4.12. The lowest BCUT2D eigenvalue weighted by atomic mass is 10.0. The Morgan fingerprint density at radius 3 is 2.30 bits per heavy atom.